The molecule has 0 aliphatic rings. The smallest absolute Gasteiger partial charge is 0.327 e. The molecule has 4 aromatic carbocycles. The Kier molecular flexibility index (Phi) is 8.86. The van der Waals surface area contributed by atoms with Crippen molar-refractivity contribution in [1.82, 2.24) is 10.6 Å². The third-order valence-electron chi connectivity index (χ3n) is 6.30. The summed E-state index contributed by atoms with van der Waals surface area (Å²) in [5.74, 6) is -2.47. The van der Waals surface area contributed by atoms with Crippen LogP contribution in [0.2, 0.25) is 0 Å². The van der Waals surface area contributed by atoms with Crippen LogP contribution in [0.1, 0.15) is 29.8 Å². The molecule has 0 aliphatic carbocycles. The zero-order valence-corrected chi connectivity index (χ0v) is 23.1. The minimum Gasteiger partial charge on any atom is -0.480 e. The van der Waals surface area contributed by atoms with E-state index in [0.29, 0.717) is 11.1 Å². The van der Waals surface area contributed by atoms with E-state index < -0.39 is 28.6 Å². The first kappa shape index (κ1) is 28.4. The Balaban J connectivity index is 1.61. The zero-order chi connectivity index (χ0) is 28.7. The Hall–Kier alpha value is -4.62. The van der Waals surface area contributed by atoms with Crippen LogP contribution < -0.4 is 10.6 Å². The van der Waals surface area contributed by atoms with Crippen molar-refractivity contribution in [3.8, 4) is 22.3 Å². The van der Waals surface area contributed by atoms with Gasteiger partial charge in [0.1, 0.15) is 11.7 Å². The molecule has 1 unspecified atom stereocenters. The summed E-state index contributed by atoms with van der Waals surface area (Å²) in [7, 11) is 0. The number of hydrogen-bond donors (Lipinski definition) is 4. The van der Waals surface area contributed by atoms with Crippen molar-refractivity contribution in [2.45, 2.75) is 24.6 Å². The Morgan fingerprint density at radius 2 is 1.18 bits per heavy atom. The predicted molar refractivity (Wildman–Crippen MR) is 162 cm³/mol. The van der Waals surface area contributed by atoms with Gasteiger partial charge in [-0.1, -0.05) is 97.1 Å². The van der Waals surface area contributed by atoms with Crippen molar-refractivity contribution in [2.75, 3.05) is 0 Å². The van der Waals surface area contributed by atoms with Gasteiger partial charge in [-0.25, -0.2) is 4.79 Å². The highest BCUT2D eigenvalue weighted by Gasteiger charge is 2.34. The van der Waals surface area contributed by atoms with Crippen LogP contribution in [-0.4, -0.2) is 33.7 Å². The van der Waals surface area contributed by atoms with Crippen LogP contribution >= 0.6 is 12.6 Å². The number of carbonyl (C=O) groups excluding carboxylic acids is 2. The molecule has 1 atom stereocenters. The van der Waals surface area contributed by atoms with E-state index in [-0.39, 0.29) is 5.70 Å². The molecule has 40 heavy (non-hydrogen) atoms. The van der Waals surface area contributed by atoms with Gasteiger partial charge >= 0.3 is 5.97 Å². The first-order chi connectivity index (χ1) is 19.1. The van der Waals surface area contributed by atoms with Gasteiger partial charge in [0.25, 0.3) is 11.8 Å². The number of aliphatic carboxylic acids is 1. The third kappa shape index (κ3) is 7.27. The van der Waals surface area contributed by atoms with Crippen LogP contribution in [0.4, 0.5) is 0 Å². The van der Waals surface area contributed by atoms with E-state index >= 15 is 0 Å². The third-order valence-corrected chi connectivity index (χ3v) is 6.56. The molecular formula is C33H30N2O4S. The number of carbonyl (C=O) groups is 3. The molecule has 0 saturated heterocycles. The normalized spacial score (nSPS) is 12.3. The van der Waals surface area contributed by atoms with Crippen molar-refractivity contribution in [3.05, 3.63) is 126 Å². The van der Waals surface area contributed by atoms with Crippen molar-refractivity contribution in [2.24, 2.45) is 0 Å². The van der Waals surface area contributed by atoms with Gasteiger partial charge in [0.05, 0.1) is 0 Å². The summed E-state index contributed by atoms with van der Waals surface area (Å²) >= 11 is 4.34. The summed E-state index contributed by atoms with van der Waals surface area (Å²) in [6, 6.07) is 32.8. The fourth-order valence-electron chi connectivity index (χ4n) is 4.12. The fraction of sp³-hybridized carbons (Fsp3) is 0.121. The maximum atomic E-state index is 13.3. The van der Waals surface area contributed by atoms with E-state index in [9.17, 15) is 19.5 Å². The summed E-state index contributed by atoms with van der Waals surface area (Å²) in [6.45, 7) is 3.18. The van der Waals surface area contributed by atoms with Gasteiger partial charge in [-0.15, -0.1) is 0 Å². The van der Waals surface area contributed by atoms with E-state index in [1.807, 2.05) is 97.1 Å². The summed E-state index contributed by atoms with van der Waals surface area (Å²) in [6.07, 6.45) is 1.52. The predicted octanol–water partition coefficient (Wildman–Crippen LogP) is 6.07. The quantitative estimate of drug-likeness (QED) is 0.150. The Morgan fingerprint density at radius 3 is 1.62 bits per heavy atom. The second-order valence-electron chi connectivity index (χ2n) is 9.84. The Labute approximate surface area is 239 Å². The van der Waals surface area contributed by atoms with E-state index in [0.717, 1.165) is 22.3 Å². The van der Waals surface area contributed by atoms with Gasteiger partial charge in [-0.05, 0) is 59.9 Å². The topological polar surface area (TPSA) is 95.5 Å². The highest BCUT2D eigenvalue weighted by molar-refractivity contribution is 7.81. The first-order valence-electron chi connectivity index (χ1n) is 12.7. The number of carboxylic acid groups (broad SMARTS) is 1. The van der Waals surface area contributed by atoms with E-state index in [4.69, 9.17) is 0 Å². The van der Waals surface area contributed by atoms with Gasteiger partial charge < -0.3 is 15.7 Å². The van der Waals surface area contributed by atoms with E-state index in [1.165, 1.54) is 6.08 Å². The molecule has 0 fully saturated rings. The van der Waals surface area contributed by atoms with Crippen molar-refractivity contribution in [1.29, 1.82) is 0 Å². The lowest BCUT2D eigenvalue weighted by molar-refractivity contribution is -0.142. The van der Waals surface area contributed by atoms with Gasteiger partial charge in [0.15, 0.2) is 0 Å². The number of thiol groups is 1. The van der Waals surface area contributed by atoms with Gasteiger partial charge in [-0.3, -0.25) is 9.59 Å². The lowest BCUT2D eigenvalue weighted by Gasteiger charge is -2.27. The Morgan fingerprint density at radius 1 is 0.725 bits per heavy atom. The second-order valence-corrected chi connectivity index (χ2v) is 11.0. The van der Waals surface area contributed by atoms with Crippen LogP contribution in [0.3, 0.4) is 0 Å². The number of nitrogens with one attached hydrogen (secondary N) is 2. The van der Waals surface area contributed by atoms with Crippen molar-refractivity contribution >= 4 is 36.5 Å². The maximum absolute atomic E-state index is 13.3. The molecule has 0 heterocycles. The molecule has 0 aliphatic heterocycles. The molecule has 202 valence electrons. The number of rotatable bonds is 9. The SMILES string of the molecule is CC(C)(S)C(NC(=O)C(=Cc1ccc(-c2ccccc2)cc1)NC(=O)c1ccc(-c2ccccc2)cc1)C(=O)O. The summed E-state index contributed by atoms with van der Waals surface area (Å²) in [5.41, 5.74) is 4.92. The average molecular weight is 551 g/mol. The number of hydrogen-bond acceptors (Lipinski definition) is 4. The van der Waals surface area contributed by atoms with Gasteiger partial charge in [-0.2, -0.15) is 12.6 Å². The lowest BCUT2D eigenvalue weighted by atomic mass is 10.0. The van der Waals surface area contributed by atoms with Crippen molar-refractivity contribution < 1.29 is 19.5 Å². The van der Waals surface area contributed by atoms with E-state index in [1.54, 1.807) is 26.0 Å². The number of carboxylic acids is 1. The molecule has 4 rings (SSSR count). The Bertz CT molecular complexity index is 1510. The fourth-order valence-corrected chi connectivity index (χ4v) is 4.29. The number of amides is 2. The van der Waals surface area contributed by atoms with E-state index in [2.05, 4.69) is 23.3 Å². The van der Waals surface area contributed by atoms with Crippen LogP contribution in [0.25, 0.3) is 28.3 Å². The largest absolute Gasteiger partial charge is 0.480 e. The average Bonchev–Trinajstić information content (AvgIpc) is 2.96. The minimum absolute atomic E-state index is 0.0894. The van der Waals surface area contributed by atoms with Crippen LogP contribution in [0.5, 0.6) is 0 Å². The molecule has 7 heteroatoms. The molecule has 0 aromatic heterocycles. The summed E-state index contributed by atoms with van der Waals surface area (Å²) in [5, 5.41) is 14.9. The molecule has 4 aromatic rings. The van der Waals surface area contributed by atoms with Gasteiger partial charge in [0.2, 0.25) is 0 Å². The van der Waals surface area contributed by atoms with Crippen LogP contribution in [0, 0.1) is 0 Å². The van der Waals surface area contributed by atoms with Crippen molar-refractivity contribution in [3.63, 3.8) is 0 Å². The minimum atomic E-state index is -1.30. The van der Waals surface area contributed by atoms with Crippen LogP contribution in [0.15, 0.2) is 115 Å². The molecule has 6 nitrogen and oxygen atoms in total. The standard InChI is InChI=1S/C33H30N2O4S/c1-33(2,40)29(32(38)39)35-31(37)28(21-22-13-15-25(16-14-22)23-9-5-3-6-10-23)34-30(36)27-19-17-26(18-20-27)24-11-7-4-8-12-24/h3-21,29,40H,1-2H3,(H,34,36)(H,35,37)(H,38,39). The zero-order valence-electron chi connectivity index (χ0n) is 22.2. The highest BCUT2D eigenvalue weighted by atomic mass is 32.1. The molecule has 0 bridgehead atoms. The lowest BCUT2D eigenvalue weighted by Crippen LogP contribution is -2.53. The molecule has 0 saturated carbocycles. The molecular weight excluding hydrogens is 520 g/mol. The molecule has 2 amide bonds. The summed E-state index contributed by atoms with van der Waals surface area (Å²) in [4.78, 5) is 38.4. The molecule has 3 N–H and O–H groups in total. The van der Waals surface area contributed by atoms with Crippen LogP contribution in [-0.2, 0) is 9.59 Å². The number of benzene rings is 4. The summed E-state index contributed by atoms with van der Waals surface area (Å²) < 4.78 is -1.05. The maximum Gasteiger partial charge on any atom is 0.327 e. The van der Waals surface area contributed by atoms with Gasteiger partial charge in [0, 0.05) is 10.3 Å². The second kappa shape index (κ2) is 12.5. The molecule has 0 spiro atoms. The highest BCUT2D eigenvalue weighted by Crippen LogP contribution is 2.22. The molecule has 0 radical (unpaired) electrons. The first-order valence-corrected chi connectivity index (χ1v) is 13.2. The monoisotopic (exact) mass is 550 g/mol.